The van der Waals surface area contributed by atoms with E-state index in [4.69, 9.17) is 4.74 Å². The number of nitrogens with zero attached hydrogens (tertiary/aromatic N) is 3. The number of fused-ring (bicyclic) bond motifs is 1. The minimum Gasteiger partial charge on any atom is -0.492 e. The van der Waals surface area contributed by atoms with Crippen LogP contribution in [-0.4, -0.2) is 62.7 Å². The Labute approximate surface area is 193 Å². The molecule has 0 atom stereocenters. The number of amides is 1. The van der Waals surface area contributed by atoms with Crippen LogP contribution in [0.25, 0.3) is 10.2 Å². The lowest BCUT2D eigenvalue weighted by Gasteiger charge is -2.24. The maximum absolute atomic E-state index is 13.3. The molecule has 0 unspecified atom stereocenters. The van der Waals surface area contributed by atoms with Crippen LogP contribution in [0.15, 0.2) is 53.4 Å². The predicted molar refractivity (Wildman–Crippen MR) is 129 cm³/mol. The molecule has 0 saturated carbocycles. The lowest BCUT2D eigenvalue weighted by atomic mass is 10.3. The quantitative estimate of drug-likeness (QED) is 0.419. The molecule has 3 rings (SSSR count). The topological polar surface area (TPSA) is 79.8 Å². The summed E-state index contributed by atoms with van der Waals surface area (Å²) in [7, 11) is -3.76. The summed E-state index contributed by atoms with van der Waals surface area (Å²) in [4.78, 5) is 21.8. The Bertz CT molecular complexity index is 1140. The van der Waals surface area contributed by atoms with Crippen LogP contribution in [0.1, 0.15) is 20.8 Å². The highest BCUT2D eigenvalue weighted by atomic mass is 32.2. The minimum atomic E-state index is -3.76. The number of sulfone groups is 1. The number of para-hydroxylation sites is 1. The van der Waals surface area contributed by atoms with Gasteiger partial charge in [-0.15, -0.1) is 0 Å². The Morgan fingerprint density at radius 1 is 1.00 bits per heavy atom. The van der Waals surface area contributed by atoms with Gasteiger partial charge in [0, 0.05) is 13.1 Å². The van der Waals surface area contributed by atoms with Crippen molar-refractivity contribution in [3.63, 3.8) is 0 Å². The van der Waals surface area contributed by atoms with Gasteiger partial charge in [-0.25, -0.2) is 13.4 Å². The van der Waals surface area contributed by atoms with Gasteiger partial charge in [0.05, 0.1) is 16.2 Å². The van der Waals surface area contributed by atoms with Crippen molar-refractivity contribution in [3.05, 3.63) is 48.5 Å². The number of likely N-dealkylation sites (N-methyl/N-ethyl adjacent to an activating group) is 1. The van der Waals surface area contributed by atoms with E-state index in [2.05, 4.69) is 23.7 Å². The van der Waals surface area contributed by atoms with Gasteiger partial charge in [-0.05, 0) is 44.3 Å². The fourth-order valence-corrected chi connectivity index (χ4v) is 5.60. The van der Waals surface area contributed by atoms with Crippen LogP contribution in [0.5, 0.6) is 5.75 Å². The Hall–Kier alpha value is -2.49. The van der Waals surface area contributed by atoms with Gasteiger partial charge in [0.25, 0.3) is 0 Å². The molecule has 0 aliphatic carbocycles. The van der Waals surface area contributed by atoms with E-state index in [1.807, 2.05) is 25.1 Å². The fraction of sp³-hybridized carbons (Fsp3) is 0.391. The number of benzene rings is 2. The molecule has 9 heteroatoms. The summed E-state index contributed by atoms with van der Waals surface area (Å²) in [6, 6.07) is 13.7. The molecular formula is C23H29N3O4S2. The fourth-order valence-electron chi connectivity index (χ4n) is 3.36. The van der Waals surface area contributed by atoms with Crippen molar-refractivity contribution in [2.24, 2.45) is 0 Å². The third-order valence-corrected chi connectivity index (χ3v) is 7.81. The van der Waals surface area contributed by atoms with Crippen LogP contribution in [-0.2, 0) is 14.6 Å². The van der Waals surface area contributed by atoms with E-state index in [0.717, 1.165) is 17.8 Å². The van der Waals surface area contributed by atoms with Crippen molar-refractivity contribution in [1.29, 1.82) is 0 Å². The third-order valence-electron chi connectivity index (χ3n) is 5.15. The molecule has 0 saturated heterocycles. The molecule has 172 valence electrons. The summed E-state index contributed by atoms with van der Waals surface area (Å²) in [6.45, 7) is 9.19. The van der Waals surface area contributed by atoms with Gasteiger partial charge in [-0.1, -0.05) is 49.4 Å². The monoisotopic (exact) mass is 475 g/mol. The highest BCUT2D eigenvalue weighted by Crippen LogP contribution is 2.34. The SMILES string of the molecule is CCOc1cccc2sc(N(CCN(CC)CC)C(=O)CS(=O)(=O)c3ccccc3)nc12. The zero-order chi connectivity index (χ0) is 23.1. The average Bonchev–Trinajstić information content (AvgIpc) is 3.22. The second-order valence-corrected chi connectivity index (χ2v) is 10.2. The number of ether oxygens (including phenoxy) is 1. The normalized spacial score (nSPS) is 11.8. The van der Waals surface area contributed by atoms with Gasteiger partial charge in [-0.3, -0.25) is 9.69 Å². The molecule has 0 aliphatic rings. The molecule has 2 aromatic carbocycles. The van der Waals surface area contributed by atoms with Crippen LogP contribution < -0.4 is 9.64 Å². The van der Waals surface area contributed by atoms with E-state index in [9.17, 15) is 13.2 Å². The lowest BCUT2D eigenvalue weighted by molar-refractivity contribution is -0.116. The number of anilines is 1. The highest BCUT2D eigenvalue weighted by molar-refractivity contribution is 7.92. The molecule has 1 heterocycles. The van der Waals surface area contributed by atoms with Crippen molar-refractivity contribution in [1.82, 2.24) is 9.88 Å². The zero-order valence-corrected chi connectivity index (χ0v) is 20.3. The molecule has 0 N–H and O–H groups in total. The first-order valence-corrected chi connectivity index (χ1v) is 13.2. The standard InChI is InChI=1S/C23H29N3O4S2/c1-4-25(5-2)15-16-26(21(27)17-32(28,29)18-11-8-7-9-12-18)23-24-22-19(30-6-3)13-10-14-20(22)31-23/h7-14H,4-6,15-17H2,1-3H3. The van der Waals surface area contributed by atoms with Crippen LogP contribution in [0.3, 0.4) is 0 Å². The molecule has 32 heavy (non-hydrogen) atoms. The molecule has 0 aliphatic heterocycles. The van der Waals surface area contributed by atoms with Crippen LogP contribution in [0, 0.1) is 0 Å². The van der Waals surface area contributed by atoms with Crippen molar-refractivity contribution < 1.29 is 17.9 Å². The molecule has 0 spiro atoms. The lowest BCUT2D eigenvalue weighted by Crippen LogP contribution is -2.41. The maximum Gasteiger partial charge on any atom is 0.244 e. The first-order valence-electron chi connectivity index (χ1n) is 10.7. The van der Waals surface area contributed by atoms with Crippen molar-refractivity contribution in [2.45, 2.75) is 25.7 Å². The summed E-state index contributed by atoms with van der Waals surface area (Å²) in [5, 5.41) is 0.479. The Morgan fingerprint density at radius 2 is 1.72 bits per heavy atom. The summed E-state index contributed by atoms with van der Waals surface area (Å²) in [5.41, 5.74) is 0.681. The summed E-state index contributed by atoms with van der Waals surface area (Å²) >= 11 is 1.36. The van der Waals surface area contributed by atoms with Crippen LogP contribution >= 0.6 is 11.3 Å². The van der Waals surface area contributed by atoms with E-state index in [-0.39, 0.29) is 4.90 Å². The summed E-state index contributed by atoms with van der Waals surface area (Å²) < 4.78 is 32.3. The van der Waals surface area contributed by atoms with E-state index in [1.54, 1.807) is 18.2 Å². The summed E-state index contributed by atoms with van der Waals surface area (Å²) in [5.74, 6) is -0.442. The van der Waals surface area contributed by atoms with Crippen molar-refractivity contribution >= 4 is 42.4 Å². The first kappa shape index (κ1) is 24.2. The molecular weight excluding hydrogens is 446 g/mol. The largest absolute Gasteiger partial charge is 0.492 e. The van der Waals surface area contributed by atoms with Crippen LogP contribution in [0.4, 0.5) is 5.13 Å². The molecule has 1 aromatic heterocycles. The van der Waals surface area contributed by atoms with E-state index in [0.29, 0.717) is 36.1 Å². The Morgan fingerprint density at radius 3 is 2.38 bits per heavy atom. The predicted octanol–water partition coefficient (Wildman–Crippen LogP) is 3.84. The number of thiazole rings is 1. The second-order valence-electron chi connectivity index (χ2n) is 7.18. The number of carbonyl (C=O) groups excluding carboxylic acids is 1. The molecule has 0 bridgehead atoms. The van der Waals surface area contributed by atoms with E-state index in [1.165, 1.54) is 28.4 Å². The smallest absolute Gasteiger partial charge is 0.244 e. The van der Waals surface area contributed by atoms with Gasteiger partial charge >= 0.3 is 0 Å². The Kier molecular flexibility index (Phi) is 8.22. The number of aromatic nitrogens is 1. The van der Waals surface area contributed by atoms with Gasteiger partial charge < -0.3 is 9.64 Å². The maximum atomic E-state index is 13.3. The van der Waals surface area contributed by atoms with E-state index < -0.39 is 21.5 Å². The number of carbonyl (C=O) groups is 1. The highest BCUT2D eigenvalue weighted by Gasteiger charge is 2.27. The molecule has 3 aromatic rings. The third kappa shape index (κ3) is 5.65. The van der Waals surface area contributed by atoms with Gasteiger partial charge in [-0.2, -0.15) is 0 Å². The molecule has 0 fully saturated rings. The van der Waals surface area contributed by atoms with Gasteiger partial charge in [0.1, 0.15) is 17.0 Å². The summed E-state index contributed by atoms with van der Waals surface area (Å²) in [6.07, 6.45) is 0. The van der Waals surface area contributed by atoms with Crippen molar-refractivity contribution in [2.75, 3.05) is 43.4 Å². The van der Waals surface area contributed by atoms with Crippen LogP contribution in [0.2, 0.25) is 0 Å². The van der Waals surface area contributed by atoms with E-state index >= 15 is 0 Å². The van der Waals surface area contributed by atoms with Gasteiger partial charge in [0.15, 0.2) is 15.0 Å². The molecule has 7 nitrogen and oxygen atoms in total. The molecule has 0 radical (unpaired) electrons. The second kappa shape index (κ2) is 10.9. The molecule has 1 amide bonds. The Balaban J connectivity index is 1.94. The van der Waals surface area contributed by atoms with Crippen molar-refractivity contribution in [3.8, 4) is 5.75 Å². The van der Waals surface area contributed by atoms with Gasteiger partial charge in [0.2, 0.25) is 5.91 Å². The number of rotatable bonds is 11. The number of hydrogen-bond acceptors (Lipinski definition) is 7. The number of hydrogen-bond donors (Lipinski definition) is 0. The first-order chi connectivity index (χ1) is 15.4. The average molecular weight is 476 g/mol. The minimum absolute atomic E-state index is 0.139. The zero-order valence-electron chi connectivity index (χ0n) is 18.7.